The Morgan fingerprint density at radius 1 is 1.11 bits per heavy atom. The highest BCUT2D eigenvalue weighted by molar-refractivity contribution is 9.10. The molecule has 2 N–H and O–H groups in total. The van der Waals surface area contributed by atoms with Crippen LogP contribution in [0.4, 0.5) is 0 Å². The van der Waals surface area contributed by atoms with Crippen molar-refractivity contribution in [3.05, 3.63) is 71.0 Å². The number of hydrogen-bond acceptors (Lipinski definition) is 4. The molecule has 3 aromatic rings. The summed E-state index contributed by atoms with van der Waals surface area (Å²) in [6.45, 7) is 1.68. The fourth-order valence-corrected chi connectivity index (χ4v) is 2.63. The van der Waals surface area contributed by atoms with Gasteiger partial charge in [-0.1, -0.05) is 34.1 Å². The molecule has 7 heteroatoms. The van der Waals surface area contributed by atoms with Crippen LogP contribution in [0.5, 0.6) is 5.75 Å². The molecular weight excluding hydrogens is 408 g/mol. The van der Waals surface area contributed by atoms with Gasteiger partial charge in [0.2, 0.25) is 5.89 Å². The lowest BCUT2D eigenvalue weighted by atomic mass is 10.2. The molecule has 0 aliphatic heterocycles. The summed E-state index contributed by atoms with van der Waals surface area (Å²) in [5, 5.41) is 6.42. The van der Waals surface area contributed by atoms with Crippen LogP contribution in [0, 0.1) is 0 Å². The van der Waals surface area contributed by atoms with E-state index < -0.39 is 0 Å². The molecule has 0 atom stereocenters. The van der Waals surface area contributed by atoms with Gasteiger partial charge in [-0.3, -0.25) is 4.99 Å². The lowest BCUT2D eigenvalue weighted by molar-refractivity contribution is 0.322. The van der Waals surface area contributed by atoms with Crippen molar-refractivity contribution in [2.45, 2.75) is 6.54 Å². The molecular formula is C20H21BrN4O2. The summed E-state index contributed by atoms with van der Waals surface area (Å²) in [6, 6.07) is 17.6. The Hall–Kier alpha value is -2.80. The van der Waals surface area contributed by atoms with Crippen LogP contribution in [0.25, 0.3) is 11.5 Å². The third-order valence-corrected chi connectivity index (χ3v) is 4.24. The lowest BCUT2D eigenvalue weighted by Crippen LogP contribution is -2.38. The maximum atomic E-state index is 5.68. The highest BCUT2D eigenvalue weighted by atomic mass is 79.9. The molecule has 27 heavy (non-hydrogen) atoms. The second-order valence-electron chi connectivity index (χ2n) is 5.66. The minimum atomic E-state index is 0.517. The summed E-state index contributed by atoms with van der Waals surface area (Å²) in [5.74, 6) is 2.12. The first-order chi connectivity index (χ1) is 13.2. The number of rotatable bonds is 7. The summed E-state index contributed by atoms with van der Waals surface area (Å²) < 4.78 is 12.2. The molecule has 0 spiro atoms. The van der Waals surface area contributed by atoms with Gasteiger partial charge in [-0.2, -0.15) is 0 Å². The summed E-state index contributed by atoms with van der Waals surface area (Å²) >= 11 is 3.40. The van der Waals surface area contributed by atoms with Crippen LogP contribution in [-0.4, -0.2) is 31.1 Å². The third-order valence-electron chi connectivity index (χ3n) is 3.71. The number of ether oxygens (including phenoxy) is 1. The molecule has 0 amide bonds. The van der Waals surface area contributed by atoms with Gasteiger partial charge in [-0.15, -0.1) is 0 Å². The van der Waals surface area contributed by atoms with Crippen molar-refractivity contribution < 1.29 is 9.15 Å². The van der Waals surface area contributed by atoms with Crippen LogP contribution in [0.3, 0.4) is 0 Å². The Morgan fingerprint density at radius 3 is 2.63 bits per heavy atom. The summed E-state index contributed by atoms with van der Waals surface area (Å²) in [4.78, 5) is 8.69. The maximum absolute atomic E-state index is 5.68. The number of guanidine groups is 1. The smallest absolute Gasteiger partial charge is 0.226 e. The van der Waals surface area contributed by atoms with Gasteiger partial charge >= 0.3 is 0 Å². The standard InChI is InChI=1S/C20H21BrN4O2/c1-22-20(23-11-12-26-18-9-7-16(21)8-10-18)24-13-17-14-27-19(25-17)15-5-3-2-4-6-15/h2-10,14H,11-13H2,1H3,(H2,22,23,24). The highest BCUT2D eigenvalue weighted by Gasteiger charge is 2.07. The quantitative estimate of drug-likeness (QED) is 0.339. The first-order valence-electron chi connectivity index (χ1n) is 8.57. The second-order valence-corrected chi connectivity index (χ2v) is 6.58. The minimum Gasteiger partial charge on any atom is -0.492 e. The number of aliphatic imine (C=N–C) groups is 1. The fraction of sp³-hybridized carbons (Fsp3) is 0.200. The van der Waals surface area contributed by atoms with Crippen LogP contribution in [0.2, 0.25) is 0 Å². The normalized spacial score (nSPS) is 11.3. The third kappa shape index (κ3) is 5.86. The van der Waals surface area contributed by atoms with Crippen LogP contribution in [-0.2, 0) is 6.54 Å². The molecule has 140 valence electrons. The van der Waals surface area contributed by atoms with Crippen molar-refractivity contribution >= 4 is 21.9 Å². The molecule has 0 fully saturated rings. The maximum Gasteiger partial charge on any atom is 0.226 e. The number of hydrogen-bond donors (Lipinski definition) is 2. The van der Waals surface area contributed by atoms with Crippen LogP contribution >= 0.6 is 15.9 Å². The zero-order valence-corrected chi connectivity index (χ0v) is 16.6. The predicted molar refractivity (Wildman–Crippen MR) is 110 cm³/mol. The number of benzene rings is 2. The Labute approximate surface area is 166 Å². The van der Waals surface area contributed by atoms with Gasteiger partial charge in [0.1, 0.15) is 18.6 Å². The molecule has 6 nitrogen and oxygen atoms in total. The van der Waals surface area contributed by atoms with Crippen molar-refractivity contribution in [2.75, 3.05) is 20.2 Å². The Bertz CT molecular complexity index is 863. The van der Waals surface area contributed by atoms with E-state index in [1.165, 1.54) is 0 Å². The van der Waals surface area contributed by atoms with Gasteiger partial charge in [-0.25, -0.2) is 4.98 Å². The van der Waals surface area contributed by atoms with E-state index in [1.807, 2.05) is 54.6 Å². The number of nitrogens with one attached hydrogen (secondary N) is 2. The van der Waals surface area contributed by atoms with Crippen molar-refractivity contribution in [1.29, 1.82) is 0 Å². The average Bonchev–Trinajstić information content (AvgIpc) is 3.18. The van der Waals surface area contributed by atoms with E-state index in [0.717, 1.165) is 21.5 Å². The molecule has 0 aliphatic carbocycles. The first kappa shape index (κ1) is 19.0. The van der Waals surface area contributed by atoms with E-state index in [9.17, 15) is 0 Å². The van der Waals surface area contributed by atoms with Crippen molar-refractivity contribution in [3.8, 4) is 17.2 Å². The SMILES string of the molecule is CN=C(NCCOc1ccc(Br)cc1)NCc1coc(-c2ccccc2)n1. The van der Waals surface area contributed by atoms with Crippen molar-refractivity contribution in [2.24, 2.45) is 4.99 Å². The average molecular weight is 429 g/mol. The van der Waals surface area contributed by atoms with Gasteiger partial charge in [0.25, 0.3) is 0 Å². The van der Waals surface area contributed by atoms with Gasteiger partial charge in [0.05, 0.1) is 18.8 Å². The van der Waals surface area contributed by atoms with Crippen LogP contribution in [0.1, 0.15) is 5.69 Å². The topological polar surface area (TPSA) is 71.7 Å². The molecule has 2 aromatic carbocycles. The molecule has 0 bridgehead atoms. The fourth-order valence-electron chi connectivity index (χ4n) is 2.37. The molecule has 0 aliphatic rings. The Morgan fingerprint density at radius 2 is 1.89 bits per heavy atom. The number of oxazole rings is 1. The van der Waals surface area contributed by atoms with Crippen LogP contribution < -0.4 is 15.4 Å². The molecule has 3 rings (SSSR count). The number of nitrogens with zero attached hydrogens (tertiary/aromatic N) is 2. The second kappa shape index (κ2) is 9.78. The zero-order chi connectivity index (χ0) is 18.9. The van der Waals surface area contributed by atoms with E-state index in [1.54, 1.807) is 13.3 Å². The molecule has 0 saturated carbocycles. The molecule has 1 heterocycles. The van der Waals surface area contributed by atoms with Gasteiger partial charge in [0, 0.05) is 17.1 Å². The van der Waals surface area contributed by atoms with Crippen molar-refractivity contribution in [1.82, 2.24) is 15.6 Å². The predicted octanol–water partition coefficient (Wildman–Crippen LogP) is 3.85. The number of aromatic nitrogens is 1. The summed E-state index contributed by atoms with van der Waals surface area (Å²) in [5.41, 5.74) is 1.76. The van der Waals surface area contributed by atoms with E-state index >= 15 is 0 Å². The minimum absolute atomic E-state index is 0.517. The van der Waals surface area contributed by atoms with E-state index in [2.05, 4.69) is 36.5 Å². The number of halogens is 1. The van der Waals surface area contributed by atoms with Gasteiger partial charge in [-0.05, 0) is 36.4 Å². The monoisotopic (exact) mass is 428 g/mol. The van der Waals surface area contributed by atoms with E-state index in [4.69, 9.17) is 9.15 Å². The van der Waals surface area contributed by atoms with E-state index in [-0.39, 0.29) is 0 Å². The van der Waals surface area contributed by atoms with Gasteiger partial charge in [0.15, 0.2) is 5.96 Å². The van der Waals surface area contributed by atoms with Crippen LogP contribution in [0.15, 0.2) is 74.7 Å². The zero-order valence-electron chi connectivity index (χ0n) is 15.0. The summed E-state index contributed by atoms with van der Waals surface area (Å²) in [7, 11) is 1.73. The molecule has 0 unspecified atom stereocenters. The lowest BCUT2D eigenvalue weighted by Gasteiger charge is -2.11. The Balaban J connectivity index is 1.41. The largest absolute Gasteiger partial charge is 0.492 e. The Kier molecular flexibility index (Phi) is 6.87. The molecule has 0 radical (unpaired) electrons. The van der Waals surface area contributed by atoms with Gasteiger partial charge < -0.3 is 19.8 Å². The van der Waals surface area contributed by atoms with E-state index in [0.29, 0.717) is 31.5 Å². The highest BCUT2D eigenvalue weighted by Crippen LogP contribution is 2.18. The van der Waals surface area contributed by atoms with Crippen molar-refractivity contribution in [3.63, 3.8) is 0 Å². The molecule has 0 saturated heterocycles. The molecule has 1 aromatic heterocycles. The summed E-state index contributed by atoms with van der Waals surface area (Å²) in [6.07, 6.45) is 1.65. The first-order valence-corrected chi connectivity index (χ1v) is 9.36.